The highest BCUT2D eigenvalue weighted by Gasteiger charge is 2.18. The van der Waals surface area contributed by atoms with Gasteiger partial charge in [-0.15, -0.1) is 0 Å². The van der Waals surface area contributed by atoms with Crippen LogP contribution in [0.1, 0.15) is 16.1 Å². The molecule has 0 aliphatic heterocycles. The average molecular weight is 544 g/mol. The first-order chi connectivity index (χ1) is 19.3. The number of hydrogen-bond donors (Lipinski definition) is 2. The zero-order chi connectivity index (χ0) is 28.4. The summed E-state index contributed by atoms with van der Waals surface area (Å²) in [7, 11) is 3.01. The summed E-state index contributed by atoms with van der Waals surface area (Å²) >= 11 is 0. The highest BCUT2D eigenvalue weighted by atomic mass is 19.1. The van der Waals surface area contributed by atoms with Crippen molar-refractivity contribution in [1.29, 1.82) is 0 Å². The molecule has 3 aromatic carbocycles. The molecule has 5 rings (SSSR count). The monoisotopic (exact) mass is 543 g/mol. The Morgan fingerprint density at radius 2 is 1.62 bits per heavy atom. The van der Waals surface area contributed by atoms with Gasteiger partial charge in [-0.25, -0.2) is 8.78 Å². The number of nitrogens with zero attached hydrogens (tertiary/aromatic N) is 1. The van der Waals surface area contributed by atoms with Gasteiger partial charge in [0, 0.05) is 46.9 Å². The smallest absolute Gasteiger partial charge is 0.261 e. The fourth-order valence-corrected chi connectivity index (χ4v) is 4.27. The van der Waals surface area contributed by atoms with Crippen LogP contribution in [0.4, 0.5) is 14.5 Å². The number of amides is 1. The molecule has 0 atom stereocenters. The summed E-state index contributed by atoms with van der Waals surface area (Å²) in [5.74, 6) is -0.735. The van der Waals surface area contributed by atoms with E-state index in [1.165, 1.54) is 63.0 Å². The van der Waals surface area contributed by atoms with E-state index in [0.29, 0.717) is 39.4 Å². The number of nitrogens with one attached hydrogen (secondary N) is 2. The molecule has 8 nitrogen and oxygen atoms in total. The molecule has 0 saturated heterocycles. The van der Waals surface area contributed by atoms with Crippen LogP contribution in [0.2, 0.25) is 0 Å². The standard InChI is InChI=1S/C30H23F2N3O5/c1-16-28(17-4-6-18(31)7-5-17)29(36)21(15-34-16)30(37)35-19-8-9-25(22(32)12-19)40-24-10-11-33-23-14-27(39-3)26(38-2)13-20(23)24/h4-15H,1-3H3,(H,34,36)(H,35,37). The fourth-order valence-electron chi connectivity index (χ4n) is 4.27. The maximum atomic E-state index is 15.1. The molecule has 202 valence electrons. The zero-order valence-electron chi connectivity index (χ0n) is 21.7. The van der Waals surface area contributed by atoms with Crippen molar-refractivity contribution in [2.24, 2.45) is 0 Å². The molecular formula is C30H23F2N3O5. The molecule has 0 saturated carbocycles. The van der Waals surface area contributed by atoms with E-state index in [4.69, 9.17) is 14.2 Å². The molecule has 1 amide bonds. The molecule has 0 fully saturated rings. The number of aryl methyl sites for hydroxylation is 1. The third kappa shape index (κ3) is 5.06. The lowest BCUT2D eigenvalue weighted by atomic mass is 10.0. The van der Waals surface area contributed by atoms with E-state index in [1.807, 2.05) is 0 Å². The van der Waals surface area contributed by atoms with Gasteiger partial charge in [-0.2, -0.15) is 0 Å². The van der Waals surface area contributed by atoms with E-state index in [9.17, 15) is 14.0 Å². The first kappa shape index (κ1) is 26.4. The lowest BCUT2D eigenvalue weighted by Crippen LogP contribution is -2.23. The third-order valence-electron chi connectivity index (χ3n) is 6.27. The number of aromatic amines is 1. The number of carbonyl (C=O) groups is 1. The Morgan fingerprint density at radius 1 is 0.900 bits per heavy atom. The van der Waals surface area contributed by atoms with Gasteiger partial charge in [-0.3, -0.25) is 14.6 Å². The molecule has 0 radical (unpaired) electrons. The average Bonchev–Trinajstić information content (AvgIpc) is 2.94. The number of carbonyl (C=O) groups excluding carboxylic acids is 1. The van der Waals surface area contributed by atoms with Crippen LogP contribution in [0, 0.1) is 18.6 Å². The molecule has 40 heavy (non-hydrogen) atoms. The van der Waals surface area contributed by atoms with Crippen molar-refractivity contribution in [3.63, 3.8) is 0 Å². The minimum atomic E-state index is -0.743. The van der Waals surface area contributed by atoms with Crippen molar-refractivity contribution in [1.82, 2.24) is 9.97 Å². The van der Waals surface area contributed by atoms with Crippen molar-refractivity contribution < 1.29 is 27.8 Å². The molecular weight excluding hydrogens is 520 g/mol. The Hall–Kier alpha value is -5.25. The van der Waals surface area contributed by atoms with Gasteiger partial charge in [0.2, 0.25) is 5.43 Å². The molecule has 2 aromatic heterocycles. The van der Waals surface area contributed by atoms with E-state index in [0.717, 1.165) is 6.07 Å². The van der Waals surface area contributed by atoms with E-state index >= 15 is 4.39 Å². The van der Waals surface area contributed by atoms with Crippen LogP contribution in [0.15, 0.2) is 77.9 Å². The SMILES string of the molecule is COc1cc2nccc(Oc3ccc(NC(=O)c4c[nH]c(C)c(-c5ccc(F)cc5)c4=O)cc3F)c2cc1OC. The minimum Gasteiger partial charge on any atom is -0.493 e. The maximum Gasteiger partial charge on any atom is 0.261 e. The van der Waals surface area contributed by atoms with Gasteiger partial charge in [0.05, 0.1) is 19.7 Å². The highest BCUT2D eigenvalue weighted by molar-refractivity contribution is 6.04. The van der Waals surface area contributed by atoms with Crippen LogP contribution in [0.3, 0.4) is 0 Å². The summed E-state index contributed by atoms with van der Waals surface area (Å²) in [6.45, 7) is 1.68. The summed E-state index contributed by atoms with van der Waals surface area (Å²) in [6, 6.07) is 14.2. The van der Waals surface area contributed by atoms with Crippen molar-refractivity contribution in [3.8, 4) is 34.1 Å². The highest BCUT2D eigenvalue weighted by Crippen LogP contribution is 2.37. The predicted molar refractivity (Wildman–Crippen MR) is 146 cm³/mol. The van der Waals surface area contributed by atoms with Crippen LogP contribution in [0.25, 0.3) is 22.0 Å². The van der Waals surface area contributed by atoms with Crippen molar-refractivity contribution in [2.75, 3.05) is 19.5 Å². The third-order valence-corrected chi connectivity index (χ3v) is 6.27. The molecule has 10 heteroatoms. The first-order valence-corrected chi connectivity index (χ1v) is 12.1. The number of benzene rings is 3. The lowest BCUT2D eigenvalue weighted by molar-refractivity contribution is 0.102. The summed E-state index contributed by atoms with van der Waals surface area (Å²) in [5, 5.41) is 3.12. The molecule has 0 aliphatic rings. The first-order valence-electron chi connectivity index (χ1n) is 12.1. The number of pyridine rings is 2. The van der Waals surface area contributed by atoms with Gasteiger partial charge in [-0.1, -0.05) is 12.1 Å². The number of aromatic nitrogens is 2. The van der Waals surface area contributed by atoms with Crippen LogP contribution >= 0.6 is 0 Å². The topological polar surface area (TPSA) is 103 Å². The van der Waals surface area contributed by atoms with Crippen LogP contribution in [-0.2, 0) is 0 Å². The summed E-state index contributed by atoms with van der Waals surface area (Å²) in [4.78, 5) is 33.3. The number of halogens is 2. The van der Waals surface area contributed by atoms with E-state index < -0.39 is 23.0 Å². The number of H-pyrrole nitrogens is 1. The van der Waals surface area contributed by atoms with E-state index in [2.05, 4.69) is 15.3 Å². The second kappa shape index (κ2) is 10.9. The van der Waals surface area contributed by atoms with E-state index in [-0.39, 0.29) is 22.6 Å². The maximum absolute atomic E-state index is 15.1. The predicted octanol–water partition coefficient (Wildman–Crippen LogP) is 6.24. The molecule has 0 aliphatic carbocycles. The quantitative estimate of drug-likeness (QED) is 0.252. The van der Waals surface area contributed by atoms with Gasteiger partial charge >= 0.3 is 0 Å². The Labute approximate surface area is 227 Å². The Balaban J connectivity index is 1.40. The number of fused-ring (bicyclic) bond motifs is 1. The second-order valence-corrected chi connectivity index (χ2v) is 8.77. The van der Waals surface area contributed by atoms with Crippen molar-refractivity contribution in [2.45, 2.75) is 6.92 Å². The van der Waals surface area contributed by atoms with Gasteiger partial charge < -0.3 is 24.5 Å². The Kier molecular flexibility index (Phi) is 7.15. The van der Waals surface area contributed by atoms with Crippen molar-refractivity contribution in [3.05, 3.63) is 106 Å². The number of methoxy groups -OCH3 is 2. The number of ether oxygens (including phenoxy) is 3. The number of anilines is 1. The molecule has 0 unspecified atom stereocenters. The van der Waals surface area contributed by atoms with Crippen molar-refractivity contribution >= 4 is 22.5 Å². The van der Waals surface area contributed by atoms with Gasteiger partial charge in [-0.05, 0) is 48.9 Å². The van der Waals surface area contributed by atoms with Gasteiger partial charge in [0.25, 0.3) is 5.91 Å². The van der Waals surface area contributed by atoms with Crippen LogP contribution in [0.5, 0.6) is 23.0 Å². The minimum absolute atomic E-state index is 0.0907. The molecule has 0 bridgehead atoms. The zero-order valence-corrected chi connectivity index (χ0v) is 21.7. The molecule has 2 N–H and O–H groups in total. The molecule has 5 aromatic rings. The largest absolute Gasteiger partial charge is 0.493 e. The normalized spacial score (nSPS) is 10.8. The van der Waals surface area contributed by atoms with Gasteiger partial charge in [0.15, 0.2) is 23.1 Å². The van der Waals surface area contributed by atoms with Gasteiger partial charge in [0.1, 0.15) is 17.1 Å². The second-order valence-electron chi connectivity index (χ2n) is 8.77. The lowest BCUT2D eigenvalue weighted by Gasteiger charge is -2.13. The summed E-state index contributed by atoms with van der Waals surface area (Å²) in [5.41, 5.74) is 1.16. The summed E-state index contributed by atoms with van der Waals surface area (Å²) in [6.07, 6.45) is 2.81. The molecule has 0 spiro atoms. The molecule has 2 heterocycles. The van der Waals surface area contributed by atoms with E-state index in [1.54, 1.807) is 25.1 Å². The Morgan fingerprint density at radius 3 is 2.33 bits per heavy atom. The Bertz CT molecular complexity index is 1800. The summed E-state index contributed by atoms with van der Waals surface area (Å²) < 4.78 is 44.9. The number of hydrogen-bond acceptors (Lipinski definition) is 6. The number of rotatable bonds is 7. The van der Waals surface area contributed by atoms with Crippen LogP contribution in [-0.4, -0.2) is 30.1 Å². The fraction of sp³-hybridized carbons (Fsp3) is 0.100. The van der Waals surface area contributed by atoms with Crippen LogP contribution < -0.4 is 25.0 Å².